The average molecular weight is 168 g/mol. The van der Waals surface area contributed by atoms with Crippen LogP contribution in [0.25, 0.3) is 0 Å². The first-order chi connectivity index (χ1) is 4.48. The Morgan fingerprint density at radius 2 is 2.10 bits per heavy atom. The topological polar surface area (TPSA) is 55.8 Å². The molecule has 0 aliphatic carbocycles. The first-order valence-electron chi connectivity index (χ1n) is 3.13. The van der Waals surface area contributed by atoms with Crippen molar-refractivity contribution in [2.75, 3.05) is 6.61 Å². The molecule has 0 heterocycles. The van der Waals surface area contributed by atoms with Crippen molar-refractivity contribution in [3.8, 4) is 0 Å². The predicted molar refractivity (Wildman–Crippen MR) is 37.7 cm³/mol. The van der Waals surface area contributed by atoms with Crippen LogP contribution in [0, 0.1) is 0 Å². The Morgan fingerprint density at radius 3 is 2.40 bits per heavy atom. The molecule has 0 aromatic heterocycles. The van der Waals surface area contributed by atoms with E-state index in [0.29, 0.717) is 0 Å². The van der Waals surface area contributed by atoms with Crippen LogP contribution >= 0.6 is 7.82 Å². The summed E-state index contributed by atoms with van der Waals surface area (Å²) in [5, 5.41) is 0. The van der Waals surface area contributed by atoms with Gasteiger partial charge in [0, 0.05) is 0 Å². The fourth-order valence-corrected chi connectivity index (χ4v) is 1.38. The molecule has 5 heteroatoms. The molecule has 0 aromatic carbocycles. The van der Waals surface area contributed by atoms with Crippen molar-refractivity contribution in [1.82, 2.24) is 0 Å². The molecule has 1 N–H and O–H groups in total. The lowest BCUT2D eigenvalue weighted by atomic mass is 10.5. The van der Waals surface area contributed by atoms with Gasteiger partial charge < -0.3 is 4.89 Å². The van der Waals surface area contributed by atoms with Crippen molar-refractivity contribution >= 4 is 7.82 Å². The van der Waals surface area contributed by atoms with Gasteiger partial charge in [-0.1, -0.05) is 0 Å². The van der Waals surface area contributed by atoms with Crippen molar-refractivity contribution in [3.63, 3.8) is 0 Å². The molecule has 0 aliphatic rings. The molecule has 0 fully saturated rings. The molecule has 0 saturated carbocycles. The highest BCUT2D eigenvalue weighted by Gasteiger charge is 2.20. The van der Waals surface area contributed by atoms with Gasteiger partial charge in [-0.2, -0.15) is 0 Å². The predicted octanol–water partition coefficient (Wildman–Crippen LogP) is 1.55. The summed E-state index contributed by atoms with van der Waals surface area (Å²) in [6, 6.07) is 0. The Morgan fingerprint density at radius 1 is 1.60 bits per heavy atom. The van der Waals surface area contributed by atoms with Crippen LogP contribution in [0.4, 0.5) is 0 Å². The van der Waals surface area contributed by atoms with Gasteiger partial charge in [-0.15, -0.1) is 0 Å². The van der Waals surface area contributed by atoms with E-state index < -0.39 is 7.82 Å². The maximum absolute atomic E-state index is 10.7. The minimum absolute atomic E-state index is 0.181. The molecule has 0 radical (unpaired) electrons. The molecule has 0 rings (SSSR count). The first-order valence-corrected chi connectivity index (χ1v) is 4.63. The second-order valence-corrected chi connectivity index (χ2v) is 3.45. The summed E-state index contributed by atoms with van der Waals surface area (Å²) in [5.74, 6) is 0. The molecule has 0 aliphatic heterocycles. The zero-order valence-corrected chi connectivity index (χ0v) is 7.30. The summed E-state index contributed by atoms with van der Waals surface area (Å²) < 4.78 is 19.7. The van der Waals surface area contributed by atoms with Gasteiger partial charge in [-0.3, -0.25) is 9.05 Å². The van der Waals surface area contributed by atoms with Crippen LogP contribution < -0.4 is 0 Å². The second-order valence-electron chi connectivity index (χ2n) is 2.04. The zero-order chi connectivity index (χ0) is 8.20. The normalized spacial score (nSPS) is 17.3. The fourth-order valence-electron chi connectivity index (χ4n) is 0.460. The first kappa shape index (κ1) is 10.1. The summed E-state index contributed by atoms with van der Waals surface area (Å²) >= 11 is 0. The highest BCUT2D eigenvalue weighted by Crippen LogP contribution is 2.43. The average Bonchev–Trinajstić information content (AvgIpc) is 1.59. The second kappa shape index (κ2) is 4.09. The van der Waals surface area contributed by atoms with Crippen molar-refractivity contribution in [3.05, 3.63) is 0 Å². The van der Waals surface area contributed by atoms with E-state index in [0.717, 1.165) is 0 Å². The third-order valence-corrected chi connectivity index (χ3v) is 1.91. The molecular weight excluding hydrogens is 155 g/mol. The Hall–Kier alpha value is 0.110. The molecular formula is C5H13O4P. The number of phosphoric acid groups is 1. The van der Waals surface area contributed by atoms with Gasteiger partial charge in [0.1, 0.15) is 0 Å². The van der Waals surface area contributed by atoms with Gasteiger partial charge in [0.2, 0.25) is 0 Å². The monoisotopic (exact) mass is 168 g/mol. The number of rotatable bonds is 4. The third kappa shape index (κ3) is 4.94. The number of hydrogen-bond acceptors (Lipinski definition) is 3. The van der Waals surface area contributed by atoms with Crippen LogP contribution in [-0.2, 0) is 13.6 Å². The van der Waals surface area contributed by atoms with Crippen LogP contribution in [0.5, 0.6) is 0 Å². The Kier molecular flexibility index (Phi) is 4.13. The zero-order valence-electron chi connectivity index (χ0n) is 6.40. The molecule has 4 nitrogen and oxygen atoms in total. The molecule has 0 bridgehead atoms. The summed E-state index contributed by atoms with van der Waals surface area (Å²) in [4.78, 5) is 8.80. The van der Waals surface area contributed by atoms with Crippen LogP contribution in [0.3, 0.4) is 0 Å². The van der Waals surface area contributed by atoms with Crippen LogP contribution in [0.2, 0.25) is 0 Å². The Balaban J connectivity index is 3.75. The van der Waals surface area contributed by atoms with E-state index in [4.69, 9.17) is 4.89 Å². The summed E-state index contributed by atoms with van der Waals surface area (Å²) in [6.07, 6.45) is -0.289. The maximum Gasteiger partial charge on any atom is 0.472 e. The summed E-state index contributed by atoms with van der Waals surface area (Å²) in [7, 11) is -3.75. The number of phosphoric ester groups is 1. The van der Waals surface area contributed by atoms with E-state index in [9.17, 15) is 4.57 Å². The minimum atomic E-state index is -3.75. The lowest BCUT2D eigenvalue weighted by Gasteiger charge is -2.12. The molecule has 62 valence electrons. The maximum atomic E-state index is 10.7. The summed E-state index contributed by atoms with van der Waals surface area (Å²) in [5.41, 5.74) is 0. The highest BCUT2D eigenvalue weighted by molar-refractivity contribution is 7.47. The molecule has 0 spiro atoms. The fraction of sp³-hybridized carbons (Fsp3) is 1.00. The van der Waals surface area contributed by atoms with Crippen LogP contribution in [0.1, 0.15) is 20.8 Å². The lowest BCUT2D eigenvalue weighted by molar-refractivity contribution is 0.125. The number of hydrogen-bond donors (Lipinski definition) is 1. The van der Waals surface area contributed by atoms with Gasteiger partial charge >= 0.3 is 7.82 Å². The smallest absolute Gasteiger partial charge is 0.302 e. The molecule has 1 unspecified atom stereocenters. The molecule has 0 saturated heterocycles. The molecule has 1 atom stereocenters. The van der Waals surface area contributed by atoms with Crippen molar-refractivity contribution in [1.29, 1.82) is 0 Å². The van der Waals surface area contributed by atoms with Crippen LogP contribution in [-0.4, -0.2) is 17.6 Å². The van der Waals surface area contributed by atoms with Gasteiger partial charge in [-0.25, -0.2) is 4.57 Å². The highest BCUT2D eigenvalue weighted by atomic mass is 31.2. The van der Waals surface area contributed by atoms with E-state index in [2.05, 4.69) is 9.05 Å². The summed E-state index contributed by atoms with van der Waals surface area (Å²) in [6.45, 7) is 5.15. The van der Waals surface area contributed by atoms with Crippen molar-refractivity contribution < 1.29 is 18.5 Å². The Bertz CT molecular complexity index is 134. The molecule has 0 amide bonds. The van der Waals surface area contributed by atoms with E-state index >= 15 is 0 Å². The van der Waals surface area contributed by atoms with E-state index in [1.54, 1.807) is 20.8 Å². The third-order valence-electron chi connectivity index (χ3n) is 0.636. The minimum Gasteiger partial charge on any atom is -0.302 e. The van der Waals surface area contributed by atoms with Crippen LogP contribution in [0.15, 0.2) is 0 Å². The molecule has 0 aromatic rings. The van der Waals surface area contributed by atoms with Gasteiger partial charge in [0.15, 0.2) is 0 Å². The van der Waals surface area contributed by atoms with E-state index in [-0.39, 0.29) is 12.7 Å². The molecule has 10 heavy (non-hydrogen) atoms. The Labute approximate surface area is 60.8 Å². The standard InChI is InChI=1S/C5H13O4P/c1-4-8-10(6,7)9-5(2)3/h5H,4H2,1-3H3,(H,6,7). The SMILES string of the molecule is CCOP(=O)(O)OC(C)C. The van der Waals surface area contributed by atoms with Crippen molar-refractivity contribution in [2.45, 2.75) is 26.9 Å². The van der Waals surface area contributed by atoms with E-state index in [1.165, 1.54) is 0 Å². The largest absolute Gasteiger partial charge is 0.472 e. The van der Waals surface area contributed by atoms with Gasteiger partial charge in [0.05, 0.1) is 12.7 Å². The van der Waals surface area contributed by atoms with E-state index in [1.807, 2.05) is 0 Å². The van der Waals surface area contributed by atoms with Gasteiger partial charge in [-0.05, 0) is 20.8 Å². The quantitative estimate of drug-likeness (QED) is 0.647. The van der Waals surface area contributed by atoms with Gasteiger partial charge in [0.25, 0.3) is 0 Å². The lowest BCUT2D eigenvalue weighted by Crippen LogP contribution is -2.02. The van der Waals surface area contributed by atoms with Crippen molar-refractivity contribution in [2.24, 2.45) is 0 Å².